The number of hydrogen-bond donors (Lipinski definition) is 1. The second kappa shape index (κ2) is 5.47. The predicted octanol–water partition coefficient (Wildman–Crippen LogP) is 2.57. The Labute approximate surface area is 95.5 Å². The Morgan fingerprint density at radius 1 is 1.38 bits per heavy atom. The summed E-state index contributed by atoms with van der Waals surface area (Å²) < 4.78 is 5.05. The summed E-state index contributed by atoms with van der Waals surface area (Å²) in [5.41, 5.74) is 2.30. The van der Waals surface area contributed by atoms with Crippen molar-refractivity contribution in [2.24, 2.45) is 0 Å². The molecule has 0 spiro atoms. The number of pyridine rings is 1. The molecule has 16 heavy (non-hydrogen) atoms. The minimum absolute atomic E-state index is 0.322. The van der Waals surface area contributed by atoms with Crippen molar-refractivity contribution in [1.29, 1.82) is 0 Å². The van der Waals surface area contributed by atoms with Crippen LogP contribution in [0.1, 0.15) is 24.2 Å². The van der Waals surface area contributed by atoms with Gasteiger partial charge in [-0.2, -0.15) is 0 Å². The fourth-order valence-corrected chi connectivity index (χ4v) is 1.60. The normalized spacial score (nSPS) is 12.6. The van der Waals surface area contributed by atoms with E-state index in [-0.39, 0.29) is 0 Å². The van der Waals surface area contributed by atoms with Gasteiger partial charge in [-0.25, -0.2) is 0 Å². The number of rotatable bonds is 5. The largest absolute Gasteiger partial charge is 0.472 e. The van der Waals surface area contributed by atoms with Gasteiger partial charge in [0.15, 0.2) is 0 Å². The highest BCUT2D eigenvalue weighted by atomic mass is 16.3. The molecule has 0 saturated carbocycles. The first-order chi connectivity index (χ1) is 7.86. The van der Waals surface area contributed by atoms with Gasteiger partial charge >= 0.3 is 0 Å². The maximum Gasteiger partial charge on any atom is 0.0950 e. The molecule has 0 amide bonds. The average Bonchev–Trinajstić information content (AvgIpc) is 2.84. The molecule has 1 atom stereocenters. The topological polar surface area (TPSA) is 38.1 Å². The van der Waals surface area contributed by atoms with Crippen LogP contribution in [-0.4, -0.2) is 11.5 Å². The summed E-state index contributed by atoms with van der Waals surface area (Å²) in [6.45, 7) is 3.05. The summed E-state index contributed by atoms with van der Waals surface area (Å²) in [7, 11) is 0. The van der Waals surface area contributed by atoms with Gasteiger partial charge in [-0.3, -0.25) is 4.98 Å². The number of aromatic nitrogens is 1. The molecule has 0 saturated heterocycles. The van der Waals surface area contributed by atoms with Crippen molar-refractivity contribution in [1.82, 2.24) is 10.3 Å². The lowest BCUT2D eigenvalue weighted by Crippen LogP contribution is -2.21. The van der Waals surface area contributed by atoms with E-state index in [4.69, 9.17) is 4.42 Å². The van der Waals surface area contributed by atoms with Crippen LogP contribution in [0, 0.1) is 0 Å². The molecule has 0 aliphatic heterocycles. The van der Waals surface area contributed by atoms with Crippen LogP contribution in [0.2, 0.25) is 0 Å². The molecule has 0 aliphatic carbocycles. The van der Waals surface area contributed by atoms with Gasteiger partial charge in [0, 0.05) is 36.5 Å². The highest BCUT2D eigenvalue weighted by Gasteiger charge is 2.05. The van der Waals surface area contributed by atoms with Crippen LogP contribution in [0.25, 0.3) is 0 Å². The van der Waals surface area contributed by atoms with E-state index in [1.165, 1.54) is 5.56 Å². The van der Waals surface area contributed by atoms with Gasteiger partial charge in [-0.1, -0.05) is 6.07 Å². The molecule has 3 nitrogen and oxygen atoms in total. The molecule has 2 aromatic rings. The van der Waals surface area contributed by atoms with Crippen LogP contribution >= 0.6 is 0 Å². The average molecular weight is 216 g/mol. The number of nitrogens with one attached hydrogen (secondary N) is 1. The standard InChI is InChI=1S/C13H16N2O/c1-11(12-6-9-16-10-12)14-8-5-13-4-2-3-7-15-13/h2-4,6-7,9-11,14H,5,8H2,1H3. The van der Waals surface area contributed by atoms with Gasteiger partial charge in [-0.05, 0) is 25.1 Å². The van der Waals surface area contributed by atoms with Crippen LogP contribution in [0.3, 0.4) is 0 Å². The number of nitrogens with zero attached hydrogens (tertiary/aromatic N) is 1. The molecule has 2 rings (SSSR count). The number of furan rings is 1. The second-order valence-corrected chi connectivity index (χ2v) is 3.80. The highest BCUT2D eigenvalue weighted by Crippen LogP contribution is 2.11. The third-order valence-corrected chi connectivity index (χ3v) is 2.60. The van der Waals surface area contributed by atoms with Gasteiger partial charge in [0.05, 0.1) is 12.5 Å². The maximum atomic E-state index is 5.05. The smallest absolute Gasteiger partial charge is 0.0950 e. The number of hydrogen-bond acceptors (Lipinski definition) is 3. The zero-order valence-corrected chi connectivity index (χ0v) is 9.39. The lowest BCUT2D eigenvalue weighted by molar-refractivity contribution is 0.539. The van der Waals surface area contributed by atoms with Gasteiger partial charge in [0.1, 0.15) is 0 Å². The maximum absolute atomic E-state index is 5.05. The fourth-order valence-electron chi connectivity index (χ4n) is 1.60. The lowest BCUT2D eigenvalue weighted by atomic mass is 10.2. The van der Waals surface area contributed by atoms with E-state index in [2.05, 4.69) is 17.2 Å². The van der Waals surface area contributed by atoms with Crippen molar-refractivity contribution in [3.63, 3.8) is 0 Å². The summed E-state index contributed by atoms with van der Waals surface area (Å²) in [5, 5.41) is 3.43. The zero-order valence-electron chi connectivity index (χ0n) is 9.39. The first-order valence-corrected chi connectivity index (χ1v) is 5.51. The van der Waals surface area contributed by atoms with Gasteiger partial charge in [0.2, 0.25) is 0 Å². The SMILES string of the molecule is CC(NCCc1ccccn1)c1ccoc1. The van der Waals surface area contributed by atoms with Crippen LogP contribution in [0.4, 0.5) is 0 Å². The third-order valence-electron chi connectivity index (χ3n) is 2.60. The molecular formula is C13H16N2O. The summed E-state index contributed by atoms with van der Waals surface area (Å²) >= 11 is 0. The van der Waals surface area contributed by atoms with E-state index >= 15 is 0 Å². The van der Waals surface area contributed by atoms with E-state index in [0.717, 1.165) is 18.7 Å². The first-order valence-electron chi connectivity index (χ1n) is 5.51. The Hall–Kier alpha value is -1.61. The minimum atomic E-state index is 0.322. The Morgan fingerprint density at radius 2 is 2.31 bits per heavy atom. The molecule has 1 N–H and O–H groups in total. The minimum Gasteiger partial charge on any atom is -0.472 e. The van der Waals surface area contributed by atoms with E-state index in [0.29, 0.717) is 6.04 Å². The van der Waals surface area contributed by atoms with Crippen molar-refractivity contribution in [2.75, 3.05) is 6.54 Å². The molecule has 0 bridgehead atoms. The molecule has 0 fully saturated rings. The van der Waals surface area contributed by atoms with Crippen molar-refractivity contribution in [3.05, 3.63) is 54.2 Å². The fraction of sp³-hybridized carbons (Fsp3) is 0.308. The van der Waals surface area contributed by atoms with Gasteiger partial charge < -0.3 is 9.73 Å². The Balaban J connectivity index is 1.76. The van der Waals surface area contributed by atoms with E-state index in [1.54, 1.807) is 12.5 Å². The van der Waals surface area contributed by atoms with Crippen LogP contribution in [0.15, 0.2) is 47.4 Å². The molecule has 2 heterocycles. The summed E-state index contributed by atoms with van der Waals surface area (Å²) in [6, 6.07) is 8.30. The molecule has 3 heteroatoms. The van der Waals surface area contributed by atoms with E-state index < -0.39 is 0 Å². The van der Waals surface area contributed by atoms with Crippen molar-refractivity contribution < 1.29 is 4.42 Å². The van der Waals surface area contributed by atoms with Crippen molar-refractivity contribution in [2.45, 2.75) is 19.4 Å². The first kappa shape index (κ1) is 10.9. The molecule has 0 aliphatic rings. The lowest BCUT2D eigenvalue weighted by Gasteiger charge is -2.11. The summed E-state index contributed by atoms with van der Waals surface area (Å²) in [4.78, 5) is 4.28. The van der Waals surface area contributed by atoms with Crippen LogP contribution < -0.4 is 5.32 Å². The van der Waals surface area contributed by atoms with Crippen LogP contribution in [0.5, 0.6) is 0 Å². The highest BCUT2D eigenvalue weighted by molar-refractivity contribution is 5.10. The van der Waals surface area contributed by atoms with Crippen molar-refractivity contribution >= 4 is 0 Å². The van der Waals surface area contributed by atoms with Gasteiger partial charge in [-0.15, -0.1) is 0 Å². The summed E-state index contributed by atoms with van der Waals surface area (Å²) in [6.07, 6.45) is 6.25. The molecule has 0 radical (unpaired) electrons. The Kier molecular flexibility index (Phi) is 3.72. The van der Waals surface area contributed by atoms with E-state index in [9.17, 15) is 0 Å². The molecule has 2 aromatic heterocycles. The van der Waals surface area contributed by atoms with Crippen LogP contribution in [-0.2, 0) is 6.42 Å². The third kappa shape index (κ3) is 2.94. The monoisotopic (exact) mass is 216 g/mol. The van der Waals surface area contributed by atoms with E-state index in [1.807, 2.05) is 30.5 Å². The molecule has 0 aromatic carbocycles. The zero-order chi connectivity index (χ0) is 11.2. The van der Waals surface area contributed by atoms with Gasteiger partial charge in [0.25, 0.3) is 0 Å². The molecule has 84 valence electrons. The Morgan fingerprint density at radius 3 is 3.00 bits per heavy atom. The summed E-state index contributed by atoms with van der Waals surface area (Å²) in [5.74, 6) is 0. The van der Waals surface area contributed by atoms with Crippen molar-refractivity contribution in [3.8, 4) is 0 Å². The molecular weight excluding hydrogens is 200 g/mol. The predicted molar refractivity (Wildman–Crippen MR) is 63.1 cm³/mol. The molecule has 1 unspecified atom stereocenters. The Bertz CT molecular complexity index is 397. The quantitative estimate of drug-likeness (QED) is 0.834. The second-order valence-electron chi connectivity index (χ2n) is 3.80.